The molecule has 1 atom stereocenters. The van der Waals surface area contributed by atoms with Crippen LogP contribution in [0.5, 0.6) is 11.5 Å². The molecule has 1 aliphatic heterocycles. The van der Waals surface area contributed by atoms with Gasteiger partial charge in [0.05, 0.1) is 26.3 Å². The van der Waals surface area contributed by atoms with Gasteiger partial charge in [-0.25, -0.2) is 9.78 Å². The summed E-state index contributed by atoms with van der Waals surface area (Å²) in [5, 5.41) is 3.58. The average molecular weight is 375 g/mol. The molecular formula is C18H25N5O4. The topological polar surface area (TPSA) is 112 Å². The maximum Gasteiger partial charge on any atom is 0.407 e. The number of hydrogen-bond donors (Lipinski definition) is 2. The van der Waals surface area contributed by atoms with E-state index in [0.29, 0.717) is 47.3 Å². The summed E-state index contributed by atoms with van der Waals surface area (Å²) in [6, 6.07) is 3.53. The Morgan fingerprint density at radius 2 is 2.04 bits per heavy atom. The number of carbonyl (C=O) groups excluding carboxylic acids is 1. The normalized spacial score (nSPS) is 16.9. The van der Waals surface area contributed by atoms with Crippen LogP contribution in [0.25, 0.3) is 10.9 Å². The second-order valence-corrected chi connectivity index (χ2v) is 6.28. The van der Waals surface area contributed by atoms with Crippen LogP contribution in [0.15, 0.2) is 12.1 Å². The van der Waals surface area contributed by atoms with Crippen LogP contribution >= 0.6 is 0 Å². The van der Waals surface area contributed by atoms with Crippen LogP contribution in [-0.4, -0.2) is 56.0 Å². The molecule has 1 unspecified atom stereocenters. The molecular weight excluding hydrogens is 350 g/mol. The second-order valence-electron chi connectivity index (χ2n) is 6.28. The fourth-order valence-corrected chi connectivity index (χ4v) is 3.22. The van der Waals surface area contributed by atoms with E-state index in [4.69, 9.17) is 19.9 Å². The van der Waals surface area contributed by atoms with E-state index in [1.54, 1.807) is 33.3 Å². The number of ether oxygens (including phenoxy) is 3. The van der Waals surface area contributed by atoms with E-state index in [2.05, 4.69) is 15.3 Å². The van der Waals surface area contributed by atoms with Crippen LogP contribution in [0.1, 0.15) is 19.8 Å². The number of nitrogens with one attached hydrogen (secondary N) is 1. The van der Waals surface area contributed by atoms with E-state index < -0.39 is 6.09 Å². The van der Waals surface area contributed by atoms with Crippen LogP contribution in [0.4, 0.5) is 16.6 Å². The van der Waals surface area contributed by atoms with Crippen molar-refractivity contribution in [1.82, 2.24) is 15.3 Å². The molecule has 0 spiro atoms. The summed E-state index contributed by atoms with van der Waals surface area (Å²) in [6.07, 6.45) is 1.38. The average Bonchev–Trinajstić information content (AvgIpc) is 2.67. The fraction of sp³-hybridized carbons (Fsp3) is 0.500. The molecule has 0 aliphatic carbocycles. The molecule has 0 saturated carbocycles. The van der Waals surface area contributed by atoms with Crippen molar-refractivity contribution in [2.24, 2.45) is 0 Å². The minimum absolute atomic E-state index is 0.0243. The lowest BCUT2D eigenvalue weighted by Gasteiger charge is -2.33. The summed E-state index contributed by atoms with van der Waals surface area (Å²) >= 11 is 0. The number of anilines is 2. The Bertz CT molecular complexity index is 829. The number of aromatic nitrogens is 2. The van der Waals surface area contributed by atoms with E-state index in [9.17, 15) is 4.79 Å². The number of nitrogens with two attached hydrogens (primary N) is 1. The number of carbonyl (C=O) groups is 1. The first kappa shape index (κ1) is 18.8. The molecule has 2 aromatic rings. The Balaban J connectivity index is 1.86. The number of nitrogen functional groups attached to an aromatic ring is 1. The number of piperidine rings is 1. The molecule has 2 heterocycles. The fourth-order valence-electron chi connectivity index (χ4n) is 3.22. The summed E-state index contributed by atoms with van der Waals surface area (Å²) in [6.45, 7) is 3.51. The lowest BCUT2D eigenvalue weighted by Crippen LogP contribution is -2.48. The highest BCUT2D eigenvalue weighted by atomic mass is 16.5. The Morgan fingerprint density at radius 1 is 1.30 bits per heavy atom. The first-order valence-corrected chi connectivity index (χ1v) is 8.93. The van der Waals surface area contributed by atoms with Gasteiger partial charge in [-0.05, 0) is 25.8 Å². The van der Waals surface area contributed by atoms with Gasteiger partial charge in [-0.2, -0.15) is 4.98 Å². The molecule has 1 aromatic heterocycles. The zero-order valence-corrected chi connectivity index (χ0v) is 15.8. The third-order valence-electron chi connectivity index (χ3n) is 4.52. The maximum atomic E-state index is 11.7. The number of benzene rings is 1. The zero-order valence-electron chi connectivity index (χ0n) is 15.8. The molecule has 0 bridgehead atoms. The molecule has 1 aliphatic rings. The van der Waals surface area contributed by atoms with Gasteiger partial charge >= 0.3 is 6.09 Å². The first-order valence-electron chi connectivity index (χ1n) is 8.93. The van der Waals surface area contributed by atoms with Crippen molar-refractivity contribution in [3.05, 3.63) is 12.1 Å². The number of nitrogens with zero attached hydrogens (tertiary/aromatic N) is 3. The van der Waals surface area contributed by atoms with Gasteiger partial charge in [0.25, 0.3) is 0 Å². The quantitative estimate of drug-likeness (QED) is 0.815. The van der Waals surface area contributed by atoms with Crippen LogP contribution in [0.2, 0.25) is 0 Å². The van der Waals surface area contributed by atoms with Gasteiger partial charge in [-0.15, -0.1) is 0 Å². The van der Waals surface area contributed by atoms with E-state index >= 15 is 0 Å². The van der Waals surface area contributed by atoms with Crippen molar-refractivity contribution < 1.29 is 19.0 Å². The maximum absolute atomic E-state index is 11.7. The predicted octanol–water partition coefficient (Wildman–Crippen LogP) is 1.94. The molecule has 1 aromatic carbocycles. The van der Waals surface area contributed by atoms with Gasteiger partial charge in [0.2, 0.25) is 5.95 Å². The number of methoxy groups -OCH3 is 2. The molecule has 0 radical (unpaired) electrons. The van der Waals surface area contributed by atoms with Gasteiger partial charge in [0.1, 0.15) is 5.82 Å². The van der Waals surface area contributed by atoms with Crippen LogP contribution in [-0.2, 0) is 4.74 Å². The minimum Gasteiger partial charge on any atom is -0.493 e. The van der Waals surface area contributed by atoms with E-state index in [0.717, 1.165) is 19.4 Å². The third-order valence-corrected chi connectivity index (χ3v) is 4.52. The monoisotopic (exact) mass is 375 g/mol. The van der Waals surface area contributed by atoms with Crippen molar-refractivity contribution in [3.63, 3.8) is 0 Å². The zero-order chi connectivity index (χ0) is 19.4. The molecule has 3 N–H and O–H groups in total. The first-order chi connectivity index (χ1) is 13.0. The highest BCUT2D eigenvalue weighted by molar-refractivity contribution is 5.91. The minimum atomic E-state index is -0.403. The number of rotatable bonds is 5. The van der Waals surface area contributed by atoms with Crippen LogP contribution in [0, 0.1) is 0 Å². The third kappa shape index (κ3) is 4.07. The Hall–Kier alpha value is -2.97. The lowest BCUT2D eigenvalue weighted by atomic mass is 10.1. The molecule has 1 amide bonds. The van der Waals surface area contributed by atoms with Crippen molar-refractivity contribution in [3.8, 4) is 11.5 Å². The summed E-state index contributed by atoms with van der Waals surface area (Å²) in [5.41, 5.74) is 6.85. The van der Waals surface area contributed by atoms with E-state index in [1.807, 2.05) is 4.90 Å². The molecule has 1 saturated heterocycles. The van der Waals surface area contributed by atoms with Crippen LogP contribution < -0.4 is 25.4 Å². The van der Waals surface area contributed by atoms with Crippen molar-refractivity contribution in [1.29, 1.82) is 0 Å². The number of fused-ring (bicyclic) bond motifs is 1. The highest BCUT2D eigenvalue weighted by Crippen LogP contribution is 2.34. The molecule has 1 fully saturated rings. The van der Waals surface area contributed by atoms with Crippen molar-refractivity contribution in [2.45, 2.75) is 25.8 Å². The number of hydrogen-bond acceptors (Lipinski definition) is 8. The van der Waals surface area contributed by atoms with Gasteiger partial charge < -0.3 is 30.2 Å². The Labute approximate surface area is 157 Å². The summed E-state index contributed by atoms with van der Waals surface area (Å²) in [4.78, 5) is 22.8. The molecule has 146 valence electrons. The van der Waals surface area contributed by atoms with E-state index in [-0.39, 0.29) is 6.04 Å². The van der Waals surface area contributed by atoms with Crippen molar-refractivity contribution in [2.75, 3.05) is 44.5 Å². The Kier molecular flexibility index (Phi) is 5.68. The summed E-state index contributed by atoms with van der Waals surface area (Å²) in [7, 11) is 3.14. The second kappa shape index (κ2) is 8.15. The summed E-state index contributed by atoms with van der Waals surface area (Å²) in [5.74, 6) is 2.05. The van der Waals surface area contributed by atoms with Gasteiger partial charge in [-0.3, -0.25) is 0 Å². The predicted molar refractivity (Wildman–Crippen MR) is 102 cm³/mol. The van der Waals surface area contributed by atoms with E-state index in [1.165, 1.54) is 0 Å². The molecule has 3 rings (SSSR count). The van der Waals surface area contributed by atoms with Crippen molar-refractivity contribution >= 4 is 28.8 Å². The molecule has 9 nitrogen and oxygen atoms in total. The van der Waals surface area contributed by atoms with Gasteiger partial charge in [-0.1, -0.05) is 0 Å². The standard InChI is InChI=1S/C18H25N5O4/c1-4-27-18(24)20-11-6-5-7-23(10-11)17-21-13-9-15(26-3)14(25-2)8-12(13)16(19)22-17/h8-9,11H,4-7,10H2,1-3H3,(H,20,24)(H2,19,21,22). The molecule has 9 heteroatoms. The SMILES string of the molecule is CCOC(=O)NC1CCCN(c2nc(N)c3cc(OC)c(OC)cc3n2)C1. The van der Waals surface area contributed by atoms with Gasteiger partial charge in [0, 0.05) is 30.6 Å². The smallest absolute Gasteiger partial charge is 0.407 e. The largest absolute Gasteiger partial charge is 0.493 e. The Morgan fingerprint density at radius 3 is 2.74 bits per heavy atom. The van der Waals surface area contributed by atoms with Gasteiger partial charge in [0.15, 0.2) is 11.5 Å². The highest BCUT2D eigenvalue weighted by Gasteiger charge is 2.24. The lowest BCUT2D eigenvalue weighted by molar-refractivity contribution is 0.146. The molecule has 27 heavy (non-hydrogen) atoms. The number of amides is 1. The van der Waals surface area contributed by atoms with Crippen LogP contribution in [0.3, 0.4) is 0 Å². The summed E-state index contributed by atoms with van der Waals surface area (Å²) < 4.78 is 15.6. The number of alkyl carbamates (subject to hydrolysis) is 1.